The van der Waals surface area contributed by atoms with Crippen molar-refractivity contribution in [1.29, 1.82) is 0 Å². The minimum Gasteiger partial charge on any atom is -0.481 e. The zero-order valence-electron chi connectivity index (χ0n) is 11.2. The van der Waals surface area contributed by atoms with Crippen LogP contribution in [0.5, 0.6) is 0 Å². The van der Waals surface area contributed by atoms with Crippen molar-refractivity contribution in [2.24, 2.45) is 11.1 Å². The second-order valence-corrected chi connectivity index (χ2v) is 5.14. The number of amides is 1. The predicted molar refractivity (Wildman–Crippen MR) is 64.8 cm³/mol. The number of carboxylic acid groups (broad SMARTS) is 1. The fourth-order valence-corrected chi connectivity index (χ4v) is 2.31. The van der Waals surface area contributed by atoms with Crippen molar-refractivity contribution in [3.8, 4) is 0 Å². The maximum Gasteiger partial charge on any atom is 0.406 e. The van der Waals surface area contributed by atoms with E-state index in [1.165, 1.54) is 0 Å². The third kappa shape index (κ3) is 3.05. The van der Waals surface area contributed by atoms with Gasteiger partial charge < -0.3 is 15.7 Å². The van der Waals surface area contributed by atoms with Gasteiger partial charge in [0.1, 0.15) is 0 Å². The summed E-state index contributed by atoms with van der Waals surface area (Å²) >= 11 is 0. The molecule has 5 nitrogen and oxygen atoms in total. The molecule has 1 saturated heterocycles. The Kier molecular flexibility index (Phi) is 5.01. The molecule has 1 aliphatic rings. The molecular formula is C12H19F3N2O3. The highest BCUT2D eigenvalue weighted by Gasteiger charge is 2.64. The number of carbonyl (C=O) groups excluding carboxylic acids is 1. The molecule has 3 N–H and O–H groups in total. The molecular weight excluding hydrogens is 277 g/mol. The summed E-state index contributed by atoms with van der Waals surface area (Å²) in [6.07, 6.45) is -3.61. The van der Waals surface area contributed by atoms with E-state index in [9.17, 15) is 22.8 Å². The second-order valence-electron chi connectivity index (χ2n) is 5.14. The Labute approximate surface area is 114 Å². The van der Waals surface area contributed by atoms with Gasteiger partial charge in [0.2, 0.25) is 5.91 Å². The highest BCUT2D eigenvalue weighted by atomic mass is 19.4. The Morgan fingerprint density at radius 2 is 2.05 bits per heavy atom. The molecule has 1 heterocycles. The topological polar surface area (TPSA) is 83.6 Å². The van der Waals surface area contributed by atoms with Crippen molar-refractivity contribution < 1.29 is 27.9 Å². The number of rotatable bonds is 5. The first-order valence-corrected chi connectivity index (χ1v) is 6.50. The fourth-order valence-electron chi connectivity index (χ4n) is 2.31. The van der Waals surface area contributed by atoms with Gasteiger partial charge in [0.05, 0.1) is 6.04 Å². The molecule has 0 spiro atoms. The number of hydrogen-bond acceptors (Lipinski definition) is 3. The zero-order chi connectivity index (χ0) is 15.6. The maximum atomic E-state index is 13.0. The Morgan fingerprint density at radius 3 is 2.45 bits per heavy atom. The summed E-state index contributed by atoms with van der Waals surface area (Å²) in [6.45, 7) is 0.821. The van der Waals surface area contributed by atoms with Gasteiger partial charge in [-0.1, -0.05) is 19.8 Å². The number of nitrogens with two attached hydrogens (primary N) is 1. The fraction of sp³-hybridized carbons (Fsp3) is 0.833. The number of alkyl halides is 3. The van der Waals surface area contributed by atoms with Gasteiger partial charge in [-0.05, 0) is 12.8 Å². The molecule has 0 saturated carbocycles. The third-order valence-corrected chi connectivity index (χ3v) is 3.72. The summed E-state index contributed by atoms with van der Waals surface area (Å²) in [6, 6.07) is -0.868. The maximum absolute atomic E-state index is 13.0. The van der Waals surface area contributed by atoms with Crippen LogP contribution in [0.2, 0.25) is 0 Å². The smallest absolute Gasteiger partial charge is 0.406 e. The molecule has 0 radical (unpaired) electrons. The van der Waals surface area contributed by atoms with Crippen molar-refractivity contribution in [3.63, 3.8) is 0 Å². The first-order valence-electron chi connectivity index (χ1n) is 6.50. The van der Waals surface area contributed by atoms with E-state index in [1.807, 2.05) is 6.92 Å². The molecule has 0 aromatic rings. The number of carboxylic acids is 1. The van der Waals surface area contributed by atoms with Crippen LogP contribution >= 0.6 is 0 Å². The molecule has 0 aromatic heterocycles. The number of unbranched alkanes of at least 4 members (excludes halogenated alkanes) is 1. The first kappa shape index (κ1) is 16.7. The molecule has 0 aliphatic carbocycles. The zero-order valence-corrected chi connectivity index (χ0v) is 11.2. The summed E-state index contributed by atoms with van der Waals surface area (Å²) in [5.41, 5.74) is 2.77. The van der Waals surface area contributed by atoms with Gasteiger partial charge >= 0.3 is 12.1 Å². The van der Waals surface area contributed by atoms with Crippen molar-refractivity contribution >= 4 is 11.9 Å². The lowest BCUT2D eigenvalue weighted by atomic mass is 9.86. The average molecular weight is 296 g/mol. The average Bonchev–Trinajstić information content (AvgIpc) is 2.80. The molecule has 0 bridgehead atoms. The number of aliphatic carboxylic acids is 1. The highest BCUT2D eigenvalue weighted by molar-refractivity contribution is 5.84. The second kappa shape index (κ2) is 5.99. The summed E-state index contributed by atoms with van der Waals surface area (Å²) in [7, 11) is 0. The molecule has 8 heteroatoms. The molecule has 1 aliphatic heterocycles. The van der Waals surface area contributed by atoms with Gasteiger partial charge in [-0.15, -0.1) is 0 Å². The Morgan fingerprint density at radius 1 is 1.45 bits per heavy atom. The van der Waals surface area contributed by atoms with Crippen LogP contribution in [0, 0.1) is 5.41 Å². The molecule has 116 valence electrons. The molecule has 1 unspecified atom stereocenters. The lowest BCUT2D eigenvalue weighted by Gasteiger charge is -2.28. The van der Waals surface area contributed by atoms with Crippen LogP contribution in [0.25, 0.3) is 0 Å². The van der Waals surface area contributed by atoms with E-state index in [2.05, 4.69) is 0 Å². The van der Waals surface area contributed by atoms with Crippen LogP contribution in [0.3, 0.4) is 0 Å². The van der Waals surface area contributed by atoms with E-state index >= 15 is 0 Å². The standard InChI is InChI=1S/C12H19F3N2O3/c1-2-3-4-8(16)9(18)17-6-5-11(7-17,10(19)20)12(13,14)15/h8H,2-7,16H2,1H3,(H,19,20)/t8-,11?/m0/s1. The number of carbonyl (C=O) groups is 2. The summed E-state index contributed by atoms with van der Waals surface area (Å²) in [4.78, 5) is 23.8. The minimum absolute atomic E-state index is 0.232. The van der Waals surface area contributed by atoms with Crippen molar-refractivity contribution in [2.45, 2.75) is 44.8 Å². The third-order valence-electron chi connectivity index (χ3n) is 3.72. The van der Waals surface area contributed by atoms with E-state index in [0.29, 0.717) is 12.8 Å². The van der Waals surface area contributed by atoms with Gasteiger partial charge in [0.25, 0.3) is 0 Å². The molecule has 1 fully saturated rings. The lowest BCUT2D eigenvalue weighted by Crippen LogP contribution is -2.49. The van der Waals surface area contributed by atoms with Gasteiger partial charge in [0.15, 0.2) is 5.41 Å². The molecule has 1 rings (SSSR count). The Balaban J connectivity index is 2.79. The van der Waals surface area contributed by atoms with Crippen LogP contribution in [-0.2, 0) is 9.59 Å². The number of nitrogens with zero attached hydrogens (tertiary/aromatic N) is 1. The van der Waals surface area contributed by atoms with Crippen LogP contribution in [-0.4, -0.2) is 47.2 Å². The lowest BCUT2D eigenvalue weighted by molar-refractivity contribution is -0.227. The normalized spacial score (nSPS) is 24.8. The number of halogens is 3. The van der Waals surface area contributed by atoms with Crippen LogP contribution in [0.1, 0.15) is 32.6 Å². The van der Waals surface area contributed by atoms with E-state index in [-0.39, 0.29) is 6.54 Å². The number of likely N-dealkylation sites (tertiary alicyclic amines) is 1. The van der Waals surface area contributed by atoms with Crippen LogP contribution < -0.4 is 5.73 Å². The molecule has 20 heavy (non-hydrogen) atoms. The van der Waals surface area contributed by atoms with Gasteiger partial charge in [-0.2, -0.15) is 13.2 Å². The largest absolute Gasteiger partial charge is 0.481 e. The predicted octanol–water partition coefficient (Wildman–Crippen LogP) is 1.37. The Bertz CT molecular complexity index is 387. The molecule has 0 aromatic carbocycles. The van der Waals surface area contributed by atoms with Crippen molar-refractivity contribution in [3.05, 3.63) is 0 Å². The van der Waals surface area contributed by atoms with Crippen LogP contribution in [0.15, 0.2) is 0 Å². The number of hydrogen-bond donors (Lipinski definition) is 2. The molecule has 2 atom stereocenters. The van der Waals surface area contributed by atoms with Crippen LogP contribution in [0.4, 0.5) is 13.2 Å². The highest BCUT2D eigenvalue weighted by Crippen LogP contribution is 2.45. The monoisotopic (exact) mass is 296 g/mol. The first-order chi connectivity index (χ1) is 9.15. The summed E-state index contributed by atoms with van der Waals surface area (Å²) in [5, 5.41) is 8.89. The van der Waals surface area contributed by atoms with E-state index in [4.69, 9.17) is 10.8 Å². The van der Waals surface area contributed by atoms with Gasteiger partial charge in [0, 0.05) is 13.1 Å². The van der Waals surface area contributed by atoms with E-state index in [1.54, 1.807) is 0 Å². The molecule has 1 amide bonds. The van der Waals surface area contributed by atoms with Gasteiger partial charge in [-0.25, -0.2) is 0 Å². The summed E-state index contributed by atoms with van der Waals surface area (Å²) < 4.78 is 38.9. The SMILES string of the molecule is CCCC[C@H](N)C(=O)N1CCC(C(=O)O)(C(F)(F)F)C1. The quantitative estimate of drug-likeness (QED) is 0.802. The van der Waals surface area contributed by atoms with E-state index in [0.717, 1.165) is 11.3 Å². The van der Waals surface area contributed by atoms with Gasteiger partial charge in [-0.3, -0.25) is 9.59 Å². The summed E-state index contributed by atoms with van der Waals surface area (Å²) in [5.74, 6) is -2.55. The van der Waals surface area contributed by atoms with Crippen molar-refractivity contribution in [2.75, 3.05) is 13.1 Å². The minimum atomic E-state index is -4.89. The van der Waals surface area contributed by atoms with E-state index < -0.39 is 42.5 Å². The Hall–Kier alpha value is -1.31. The van der Waals surface area contributed by atoms with Crippen molar-refractivity contribution in [1.82, 2.24) is 4.90 Å².